The summed E-state index contributed by atoms with van der Waals surface area (Å²) >= 11 is 0. The third-order valence-corrected chi connectivity index (χ3v) is 4.45. The van der Waals surface area contributed by atoms with Gasteiger partial charge in [0.2, 0.25) is 5.91 Å². The Labute approximate surface area is 148 Å². The number of rotatable bonds is 4. The molecule has 0 spiro atoms. The Kier molecular flexibility index (Phi) is 4.74. The lowest BCUT2D eigenvalue weighted by Crippen LogP contribution is -2.24. The van der Waals surface area contributed by atoms with Crippen molar-refractivity contribution < 1.29 is 9.53 Å². The smallest absolute Gasteiger partial charge is 0.240 e. The zero-order valence-corrected chi connectivity index (χ0v) is 15.1. The molecule has 1 aliphatic heterocycles. The Morgan fingerprint density at radius 3 is 2.28 bits per heavy atom. The highest BCUT2D eigenvalue weighted by molar-refractivity contribution is 6.03. The molecule has 0 fully saturated rings. The molecule has 130 valence electrons. The van der Waals surface area contributed by atoms with Gasteiger partial charge in [-0.15, -0.1) is 0 Å². The van der Waals surface area contributed by atoms with Crippen LogP contribution in [0.25, 0.3) is 0 Å². The zero-order chi connectivity index (χ0) is 18.0. The Balaban J connectivity index is 1.87. The van der Waals surface area contributed by atoms with Crippen molar-refractivity contribution in [1.82, 2.24) is 5.01 Å². The fourth-order valence-corrected chi connectivity index (χ4v) is 3.01. The van der Waals surface area contributed by atoms with E-state index in [1.807, 2.05) is 38.4 Å². The van der Waals surface area contributed by atoms with E-state index in [0.717, 1.165) is 28.3 Å². The van der Waals surface area contributed by atoms with Crippen molar-refractivity contribution in [3.8, 4) is 5.75 Å². The van der Waals surface area contributed by atoms with Gasteiger partial charge in [-0.1, -0.05) is 12.1 Å². The third kappa shape index (κ3) is 3.50. The van der Waals surface area contributed by atoms with Crippen molar-refractivity contribution in [3.63, 3.8) is 0 Å². The van der Waals surface area contributed by atoms with Crippen molar-refractivity contribution in [2.45, 2.75) is 19.4 Å². The van der Waals surface area contributed by atoms with E-state index >= 15 is 0 Å². The summed E-state index contributed by atoms with van der Waals surface area (Å²) in [6.07, 6.45) is 0.702. The van der Waals surface area contributed by atoms with Crippen molar-refractivity contribution in [2.75, 3.05) is 26.1 Å². The number of nitrogens with zero attached hydrogens (tertiary/aromatic N) is 3. The summed E-state index contributed by atoms with van der Waals surface area (Å²) in [6, 6.07) is 16.0. The van der Waals surface area contributed by atoms with Crippen molar-refractivity contribution in [3.05, 3.63) is 59.7 Å². The molecular formula is C20H23N3O2. The molecule has 0 N–H and O–H groups in total. The standard InChI is InChI=1S/C20H23N3O2/c1-14(24)23-20(16-5-9-17(10-6-16)22(2)3)13-19(21-23)15-7-11-18(25-4)12-8-15/h5-12,20H,13H2,1-4H3. The molecule has 5 nitrogen and oxygen atoms in total. The van der Waals surface area contributed by atoms with Gasteiger partial charge in [-0.2, -0.15) is 5.10 Å². The highest BCUT2D eigenvalue weighted by Gasteiger charge is 2.31. The minimum atomic E-state index is -0.0641. The molecule has 0 aromatic heterocycles. The average Bonchev–Trinajstić information content (AvgIpc) is 3.07. The predicted octanol–water partition coefficient (Wildman–Crippen LogP) is 3.46. The van der Waals surface area contributed by atoms with Crippen LogP contribution < -0.4 is 9.64 Å². The largest absolute Gasteiger partial charge is 0.497 e. The van der Waals surface area contributed by atoms with Crippen LogP contribution in [-0.2, 0) is 4.79 Å². The summed E-state index contributed by atoms with van der Waals surface area (Å²) < 4.78 is 5.20. The first-order valence-corrected chi connectivity index (χ1v) is 8.28. The molecule has 0 saturated heterocycles. The fraction of sp³-hybridized carbons (Fsp3) is 0.300. The number of benzene rings is 2. The molecule has 1 aliphatic rings. The van der Waals surface area contributed by atoms with Gasteiger partial charge < -0.3 is 9.64 Å². The van der Waals surface area contributed by atoms with E-state index < -0.39 is 0 Å². The maximum atomic E-state index is 12.1. The molecule has 1 amide bonds. The number of carbonyl (C=O) groups excluding carboxylic acids is 1. The zero-order valence-electron chi connectivity index (χ0n) is 15.1. The number of hydrazone groups is 1. The molecule has 1 heterocycles. The van der Waals surface area contributed by atoms with Crippen LogP contribution in [0.5, 0.6) is 5.75 Å². The molecule has 0 radical (unpaired) electrons. The maximum absolute atomic E-state index is 12.1. The average molecular weight is 337 g/mol. The van der Waals surface area contributed by atoms with Crippen molar-refractivity contribution in [2.24, 2.45) is 5.10 Å². The topological polar surface area (TPSA) is 45.1 Å². The molecule has 1 atom stereocenters. The molecule has 0 saturated carbocycles. The van der Waals surface area contributed by atoms with E-state index in [0.29, 0.717) is 6.42 Å². The van der Waals surface area contributed by atoms with Gasteiger partial charge in [0.1, 0.15) is 5.75 Å². The second-order valence-corrected chi connectivity index (χ2v) is 6.34. The lowest BCUT2D eigenvalue weighted by molar-refractivity contribution is -0.130. The molecule has 0 bridgehead atoms. The molecule has 5 heteroatoms. The van der Waals surface area contributed by atoms with Crippen molar-refractivity contribution in [1.29, 1.82) is 0 Å². The Morgan fingerprint density at radius 1 is 1.12 bits per heavy atom. The molecular weight excluding hydrogens is 314 g/mol. The minimum Gasteiger partial charge on any atom is -0.497 e. The van der Waals surface area contributed by atoms with Gasteiger partial charge in [0.25, 0.3) is 0 Å². The first-order valence-electron chi connectivity index (χ1n) is 8.28. The molecule has 2 aromatic carbocycles. The Hall–Kier alpha value is -2.82. The summed E-state index contributed by atoms with van der Waals surface area (Å²) in [4.78, 5) is 14.1. The maximum Gasteiger partial charge on any atom is 0.240 e. The number of carbonyl (C=O) groups is 1. The molecule has 3 rings (SSSR count). The van der Waals surface area contributed by atoms with Gasteiger partial charge >= 0.3 is 0 Å². The second-order valence-electron chi connectivity index (χ2n) is 6.34. The van der Waals surface area contributed by atoms with E-state index in [9.17, 15) is 4.79 Å². The number of anilines is 1. The van der Waals surface area contributed by atoms with Gasteiger partial charge in [-0.05, 0) is 47.5 Å². The van der Waals surface area contributed by atoms with Crippen molar-refractivity contribution >= 4 is 17.3 Å². The van der Waals surface area contributed by atoms with Gasteiger partial charge in [0.05, 0.1) is 18.9 Å². The van der Waals surface area contributed by atoms with Crippen LogP contribution >= 0.6 is 0 Å². The number of methoxy groups -OCH3 is 1. The molecule has 2 aromatic rings. The third-order valence-electron chi connectivity index (χ3n) is 4.45. The predicted molar refractivity (Wildman–Crippen MR) is 100 cm³/mol. The number of hydrogen-bond acceptors (Lipinski definition) is 4. The van der Waals surface area contributed by atoms with E-state index in [2.05, 4.69) is 34.3 Å². The minimum absolute atomic E-state index is 0.0507. The van der Waals surface area contributed by atoms with Crippen LogP contribution in [0.4, 0.5) is 5.69 Å². The lowest BCUT2D eigenvalue weighted by Gasteiger charge is -2.21. The summed E-state index contributed by atoms with van der Waals surface area (Å²) in [7, 11) is 5.67. The first kappa shape index (κ1) is 17.0. The van der Waals surface area contributed by atoms with Crippen LogP contribution in [0.3, 0.4) is 0 Å². The SMILES string of the molecule is COc1ccc(C2=NN(C(C)=O)C(c3ccc(N(C)C)cc3)C2)cc1. The van der Waals surface area contributed by atoms with Gasteiger partial charge in [0.15, 0.2) is 0 Å². The van der Waals surface area contributed by atoms with Crippen LogP contribution in [0, 0.1) is 0 Å². The number of ether oxygens (including phenoxy) is 1. The highest BCUT2D eigenvalue weighted by atomic mass is 16.5. The van der Waals surface area contributed by atoms with Crippen LogP contribution in [-0.4, -0.2) is 37.8 Å². The van der Waals surface area contributed by atoms with Gasteiger partial charge in [-0.3, -0.25) is 4.79 Å². The highest BCUT2D eigenvalue weighted by Crippen LogP contribution is 2.33. The summed E-state index contributed by atoms with van der Waals surface area (Å²) in [5.74, 6) is 0.756. The van der Waals surface area contributed by atoms with Crippen LogP contribution in [0.2, 0.25) is 0 Å². The molecule has 1 unspecified atom stereocenters. The number of hydrogen-bond donors (Lipinski definition) is 0. The molecule has 0 aliphatic carbocycles. The quantitative estimate of drug-likeness (QED) is 0.858. The molecule has 25 heavy (non-hydrogen) atoms. The van der Waals surface area contributed by atoms with E-state index in [1.165, 1.54) is 0 Å². The van der Waals surface area contributed by atoms with E-state index in [-0.39, 0.29) is 11.9 Å². The van der Waals surface area contributed by atoms with Crippen LogP contribution in [0.1, 0.15) is 30.5 Å². The normalized spacial score (nSPS) is 16.6. The second kappa shape index (κ2) is 6.97. The summed E-state index contributed by atoms with van der Waals surface area (Å²) in [6.45, 7) is 1.56. The number of amides is 1. The van der Waals surface area contributed by atoms with Crippen LogP contribution in [0.15, 0.2) is 53.6 Å². The summed E-state index contributed by atoms with van der Waals surface area (Å²) in [5.41, 5.74) is 4.15. The fourth-order valence-electron chi connectivity index (χ4n) is 3.01. The van der Waals surface area contributed by atoms with Gasteiger partial charge in [0, 0.05) is 33.1 Å². The monoisotopic (exact) mass is 337 g/mol. The van der Waals surface area contributed by atoms with Gasteiger partial charge in [-0.25, -0.2) is 5.01 Å². The first-order chi connectivity index (χ1) is 12.0. The van der Waals surface area contributed by atoms with E-state index in [1.54, 1.807) is 19.0 Å². The summed E-state index contributed by atoms with van der Waals surface area (Å²) in [5, 5.41) is 6.17. The Morgan fingerprint density at radius 2 is 1.76 bits per heavy atom. The van der Waals surface area contributed by atoms with E-state index in [4.69, 9.17) is 4.74 Å². The lowest BCUT2D eigenvalue weighted by atomic mass is 9.98. The Bertz CT molecular complexity index is 780.